The Morgan fingerprint density at radius 1 is 1.05 bits per heavy atom. The Bertz CT molecular complexity index is 762. The van der Waals surface area contributed by atoms with Crippen molar-refractivity contribution in [3.8, 4) is 5.69 Å². The predicted octanol–water partition coefficient (Wildman–Crippen LogP) is 3.54. The van der Waals surface area contributed by atoms with Gasteiger partial charge in [-0.3, -0.25) is 14.2 Å². The molecule has 5 heteroatoms. The quantitative estimate of drug-likeness (QED) is 0.603. The van der Waals surface area contributed by atoms with Gasteiger partial charge in [0.2, 0.25) is 0 Å². The Morgan fingerprint density at radius 2 is 1.82 bits per heavy atom. The molecule has 2 rings (SSSR count). The molecule has 4 nitrogen and oxygen atoms in total. The second kappa shape index (κ2) is 7.45. The van der Waals surface area contributed by atoms with E-state index in [4.69, 9.17) is 11.6 Å². The molecule has 0 atom stereocenters. The highest BCUT2D eigenvalue weighted by Gasteiger charge is 2.07. The third-order valence-corrected chi connectivity index (χ3v) is 4.15. The molecule has 1 aromatic carbocycles. The lowest BCUT2D eigenvalue weighted by Gasteiger charge is -2.10. The first-order valence-corrected chi connectivity index (χ1v) is 8.01. The number of unbranched alkanes of at least 4 members (excludes halogenated alkanes) is 3. The Morgan fingerprint density at radius 3 is 2.50 bits per heavy atom. The number of rotatable bonds is 6. The van der Waals surface area contributed by atoms with Crippen LogP contribution in [0.3, 0.4) is 0 Å². The molecule has 1 heterocycles. The van der Waals surface area contributed by atoms with Gasteiger partial charge in [0.05, 0.1) is 0 Å². The highest BCUT2D eigenvalue weighted by Crippen LogP contribution is 2.17. The van der Waals surface area contributed by atoms with Crippen LogP contribution in [0.5, 0.6) is 0 Å². The molecule has 0 fully saturated rings. The maximum absolute atomic E-state index is 12.3. The average Bonchev–Trinajstić information content (AvgIpc) is 2.51. The minimum absolute atomic E-state index is 0.480. The van der Waals surface area contributed by atoms with Crippen molar-refractivity contribution in [2.24, 2.45) is 0 Å². The Labute approximate surface area is 135 Å². The van der Waals surface area contributed by atoms with Gasteiger partial charge in [-0.05, 0) is 37.1 Å². The lowest BCUT2D eigenvalue weighted by molar-refractivity contribution is 0.562. The van der Waals surface area contributed by atoms with Gasteiger partial charge in [0.15, 0.2) is 0 Å². The zero-order valence-corrected chi connectivity index (χ0v) is 13.8. The summed E-state index contributed by atoms with van der Waals surface area (Å²) >= 11 is 5.99. The largest absolute Gasteiger partial charge is 0.320 e. The third-order valence-electron chi connectivity index (χ3n) is 3.73. The summed E-state index contributed by atoms with van der Waals surface area (Å²) in [5.74, 6) is 0. The molecule has 0 amide bonds. The van der Waals surface area contributed by atoms with Crippen molar-refractivity contribution < 1.29 is 0 Å². The topological polar surface area (TPSA) is 44.0 Å². The number of aryl methyl sites for hydroxylation is 2. The third kappa shape index (κ3) is 3.69. The summed E-state index contributed by atoms with van der Waals surface area (Å²) in [5.41, 5.74) is 0.517. The van der Waals surface area contributed by atoms with Crippen LogP contribution < -0.4 is 11.1 Å². The molecule has 1 aromatic heterocycles. The highest BCUT2D eigenvalue weighted by molar-refractivity contribution is 6.31. The van der Waals surface area contributed by atoms with Crippen molar-refractivity contribution in [3.63, 3.8) is 0 Å². The Hall–Kier alpha value is -1.81. The van der Waals surface area contributed by atoms with Crippen LogP contribution in [0.15, 0.2) is 40.2 Å². The molecule has 0 radical (unpaired) electrons. The van der Waals surface area contributed by atoms with E-state index in [9.17, 15) is 9.59 Å². The first-order chi connectivity index (χ1) is 10.5. The first-order valence-electron chi connectivity index (χ1n) is 7.63. The number of halogens is 1. The Kier molecular flexibility index (Phi) is 5.61. The maximum atomic E-state index is 12.3. The molecule has 0 saturated heterocycles. The van der Waals surface area contributed by atoms with E-state index in [0.29, 0.717) is 17.3 Å². The van der Waals surface area contributed by atoms with Gasteiger partial charge < -0.3 is 4.57 Å². The van der Waals surface area contributed by atoms with Crippen LogP contribution in [0, 0.1) is 6.92 Å². The molecule has 0 spiro atoms. The minimum atomic E-state index is -0.528. The van der Waals surface area contributed by atoms with Crippen LogP contribution >= 0.6 is 11.6 Å². The SMILES string of the molecule is CCCCCCn1ccn(-c2ccc(Cl)c(C)c2)c(=O)c1=O. The van der Waals surface area contributed by atoms with Crippen molar-refractivity contribution in [2.45, 2.75) is 46.1 Å². The molecule has 0 aliphatic carbocycles. The van der Waals surface area contributed by atoms with Gasteiger partial charge in [-0.1, -0.05) is 37.8 Å². The smallest absolute Gasteiger partial charge is 0.309 e. The summed E-state index contributed by atoms with van der Waals surface area (Å²) in [7, 11) is 0. The minimum Gasteiger partial charge on any atom is -0.309 e. The monoisotopic (exact) mass is 320 g/mol. The van der Waals surface area contributed by atoms with Crippen LogP contribution in [0.1, 0.15) is 38.2 Å². The fraction of sp³-hybridized carbons (Fsp3) is 0.412. The number of hydrogen-bond acceptors (Lipinski definition) is 2. The van der Waals surface area contributed by atoms with Gasteiger partial charge in [-0.25, -0.2) is 0 Å². The van der Waals surface area contributed by atoms with Crippen molar-refractivity contribution in [3.05, 3.63) is 61.9 Å². The summed E-state index contributed by atoms with van der Waals surface area (Å²) in [6.07, 6.45) is 7.60. The van der Waals surface area contributed by atoms with E-state index in [2.05, 4.69) is 6.92 Å². The van der Waals surface area contributed by atoms with E-state index in [1.54, 1.807) is 30.6 Å². The van der Waals surface area contributed by atoms with Crippen LogP contribution in [-0.2, 0) is 6.54 Å². The molecule has 0 aliphatic heterocycles. The van der Waals surface area contributed by atoms with E-state index < -0.39 is 11.1 Å². The van der Waals surface area contributed by atoms with Crippen molar-refractivity contribution in [1.82, 2.24) is 9.13 Å². The summed E-state index contributed by atoms with van der Waals surface area (Å²) in [5, 5.41) is 0.640. The molecule has 0 N–H and O–H groups in total. The van der Waals surface area contributed by atoms with Gasteiger partial charge in [-0.2, -0.15) is 0 Å². The summed E-state index contributed by atoms with van der Waals surface area (Å²) in [4.78, 5) is 24.5. The van der Waals surface area contributed by atoms with E-state index in [-0.39, 0.29) is 0 Å². The van der Waals surface area contributed by atoms with Crippen molar-refractivity contribution in [1.29, 1.82) is 0 Å². The normalized spacial score (nSPS) is 10.9. The van der Waals surface area contributed by atoms with Crippen molar-refractivity contribution >= 4 is 11.6 Å². The van der Waals surface area contributed by atoms with Crippen molar-refractivity contribution in [2.75, 3.05) is 0 Å². The van der Waals surface area contributed by atoms with Crippen LogP contribution in [0.25, 0.3) is 5.69 Å². The Balaban J connectivity index is 2.28. The first kappa shape index (κ1) is 16.6. The standard InChI is InChI=1S/C17H21ClN2O2/c1-3-4-5-6-9-19-10-11-20(17(22)16(19)21)14-7-8-15(18)13(2)12-14/h7-8,10-12H,3-6,9H2,1-2H3. The van der Waals surface area contributed by atoms with Gasteiger partial charge in [-0.15, -0.1) is 0 Å². The zero-order valence-electron chi connectivity index (χ0n) is 13.0. The predicted molar refractivity (Wildman–Crippen MR) is 90.2 cm³/mol. The van der Waals surface area contributed by atoms with Crippen LogP contribution in [0.4, 0.5) is 0 Å². The molecule has 0 unspecified atom stereocenters. The van der Waals surface area contributed by atoms with E-state index in [1.807, 2.05) is 6.92 Å². The molecule has 0 bridgehead atoms. The molecular weight excluding hydrogens is 300 g/mol. The second-order valence-corrected chi connectivity index (χ2v) is 5.87. The lowest BCUT2D eigenvalue weighted by Crippen LogP contribution is -2.40. The molecule has 2 aromatic rings. The number of nitrogens with zero attached hydrogens (tertiary/aromatic N) is 2. The zero-order chi connectivity index (χ0) is 16.1. The second-order valence-electron chi connectivity index (χ2n) is 5.47. The summed E-state index contributed by atoms with van der Waals surface area (Å²) in [6, 6.07) is 5.27. The molecule has 118 valence electrons. The molecule has 0 aliphatic rings. The molecular formula is C17H21ClN2O2. The van der Waals surface area contributed by atoms with Gasteiger partial charge in [0, 0.05) is 29.6 Å². The lowest BCUT2D eigenvalue weighted by atomic mass is 10.2. The van der Waals surface area contributed by atoms with E-state index in [1.165, 1.54) is 9.13 Å². The molecule has 22 heavy (non-hydrogen) atoms. The summed E-state index contributed by atoms with van der Waals surface area (Å²) in [6.45, 7) is 4.60. The fourth-order valence-electron chi connectivity index (χ4n) is 2.38. The van der Waals surface area contributed by atoms with Gasteiger partial charge >= 0.3 is 11.1 Å². The van der Waals surface area contributed by atoms with Crippen LogP contribution in [-0.4, -0.2) is 9.13 Å². The van der Waals surface area contributed by atoms with Gasteiger partial charge in [0.1, 0.15) is 0 Å². The highest BCUT2D eigenvalue weighted by atomic mass is 35.5. The van der Waals surface area contributed by atoms with E-state index in [0.717, 1.165) is 31.2 Å². The van der Waals surface area contributed by atoms with Gasteiger partial charge in [0.25, 0.3) is 0 Å². The van der Waals surface area contributed by atoms with Crippen LogP contribution in [0.2, 0.25) is 5.02 Å². The van der Waals surface area contributed by atoms with E-state index >= 15 is 0 Å². The maximum Gasteiger partial charge on any atom is 0.320 e. The average molecular weight is 321 g/mol. The summed E-state index contributed by atoms with van der Waals surface area (Å²) < 4.78 is 2.87. The number of benzene rings is 1. The fourth-order valence-corrected chi connectivity index (χ4v) is 2.49. The number of hydrogen-bond donors (Lipinski definition) is 0. The molecule has 0 saturated carbocycles. The number of aromatic nitrogens is 2.